The van der Waals surface area contributed by atoms with E-state index in [1.807, 2.05) is 24.3 Å². The molecule has 2 aliphatic heterocycles. The van der Waals surface area contributed by atoms with Crippen molar-refractivity contribution in [2.45, 2.75) is 30.7 Å². The van der Waals surface area contributed by atoms with Crippen LogP contribution in [-0.2, 0) is 14.8 Å². The molecule has 1 fully saturated rings. The minimum atomic E-state index is -3.80. The fraction of sp³-hybridized carbons (Fsp3) is 0.273. The molecule has 0 aliphatic carbocycles. The largest absolute Gasteiger partial charge is 0.394 e. The number of nitrogens with two attached hydrogens (primary N) is 1. The molecule has 9 heteroatoms. The summed E-state index contributed by atoms with van der Waals surface area (Å²) in [6.45, 7) is 2.83. The van der Waals surface area contributed by atoms with E-state index in [4.69, 9.17) is 5.14 Å². The highest BCUT2D eigenvalue weighted by Crippen LogP contribution is 2.28. The van der Waals surface area contributed by atoms with Crippen molar-refractivity contribution in [1.29, 1.82) is 0 Å². The topological polar surface area (TPSA) is 116 Å². The molecule has 0 bridgehead atoms. The van der Waals surface area contributed by atoms with Gasteiger partial charge < -0.3 is 10.0 Å². The van der Waals surface area contributed by atoms with Crippen LogP contribution in [0.2, 0.25) is 0 Å². The molecule has 1 atom stereocenters. The van der Waals surface area contributed by atoms with Crippen LogP contribution in [0.25, 0.3) is 6.08 Å². The van der Waals surface area contributed by atoms with Gasteiger partial charge in [-0.25, -0.2) is 13.6 Å². The third-order valence-corrected chi connectivity index (χ3v) is 6.53. The first-order valence-corrected chi connectivity index (χ1v) is 11.5. The summed E-state index contributed by atoms with van der Waals surface area (Å²) in [6.07, 6.45) is 3.84. The van der Waals surface area contributed by atoms with Crippen molar-refractivity contribution < 1.29 is 18.3 Å². The summed E-state index contributed by atoms with van der Waals surface area (Å²) in [5.41, 5.74) is 3.42. The summed E-state index contributed by atoms with van der Waals surface area (Å²) in [4.78, 5) is 15.1. The normalized spacial score (nSPS) is 20.6. The van der Waals surface area contributed by atoms with Gasteiger partial charge in [0.2, 0.25) is 10.0 Å². The van der Waals surface area contributed by atoms with Crippen molar-refractivity contribution in [3.05, 3.63) is 59.7 Å². The highest BCUT2D eigenvalue weighted by Gasteiger charge is 2.29. The molecule has 2 aromatic rings. The van der Waals surface area contributed by atoms with E-state index in [1.165, 1.54) is 29.3 Å². The molecule has 0 saturated carbocycles. The van der Waals surface area contributed by atoms with E-state index >= 15 is 0 Å². The summed E-state index contributed by atoms with van der Waals surface area (Å²) in [6, 6.07) is 13.7. The van der Waals surface area contributed by atoms with Crippen LogP contribution in [0.3, 0.4) is 0 Å². The molecule has 2 aliphatic rings. The van der Waals surface area contributed by atoms with Crippen molar-refractivity contribution in [2.24, 2.45) is 10.2 Å². The molecule has 1 saturated heterocycles. The number of amides is 1. The number of rotatable bonds is 5. The van der Waals surface area contributed by atoms with E-state index in [9.17, 15) is 18.3 Å². The highest BCUT2D eigenvalue weighted by molar-refractivity contribution is 7.89. The Bertz CT molecular complexity index is 1160. The average Bonchev–Trinajstić information content (AvgIpc) is 3.34. The molecule has 1 amide bonds. The summed E-state index contributed by atoms with van der Waals surface area (Å²) in [5.74, 6) is -0.287. The van der Waals surface area contributed by atoms with E-state index in [0.717, 1.165) is 30.6 Å². The molecule has 2 heterocycles. The summed E-state index contributed by atoms with van der Waals surface area (Å²) in [7, 11) is -3.80. The van der Waals surface area contributed by atoms with Gasteiger partial charge in [-0.05, 0) is 67.8 Å². The maximum absolute atomic E-state index is 12.9. The van der Waals surface area contributed by atoms with E-state index in [-0.39, 0.29) is 23.5 Å². The van der Waals surface area contributed by atoms with Crippen LogP contribution >= 0.6 is 0 Å². The number of hydrogen-bond donors (Lipinski definition) is 2. The van der Waals surface area contributed by atoms with Gasteiger partial charge in [0, 0.05) is 12.2 Å². The maximum atomic E-state index is 12.9. The minimum absolute atomic E-state index is 0.0270. The first-order chi connectivity index (χ1) is 14.8. The van der Waals surface area contributed by atoms with Crippen LogP contribution in [0.1, 0.15) is 25.3 Å². The standard InChI is InChI=1S/C22H24N4O4S/c1-15-21(13-16-4-6-17(7-5-16)25-12-2-3-19(25)14-27)22(28)26(24-15)18-8-10-20(11-9-18)31(23,29)30/h4-11,13,19,27H,2-3,12,14H2,1H3,(H2,23,29,30)/b21-13-. The number of sulfonamides is 1. The number of carbonyl (C=O) groups is 1. The number of anilines is 2. The number of primary sulfonamides is 1. The van der Waals surface area contributed by atoms with Crippen LogP contribution in [0.15, 0.2) is 64.1 Å². The van der Waals surface area contributed by atoms with Gasteiger partial charge in [0.25, 0.3) is 5.91 Å². The summed E-state index contributed by atoms with van der Waals surface area (Å²) < 4.78 is 22.9. The number of hydrazone groups is 1. The lowest BCUT2D eigenvalue weighted by Crippen LogP contribution is -2.31. The number of carbonyl (C=O) groups excluding carboxylic acids is 1. The molecule has 8 nitrogen and oxygen atoms in total. The molecule has 0 radical (unpaired) electrons. The number of aliphatic hydroxyl groups excluding tert-OH is 1. The Morgan fingerprint density at radius 2 is 1.77 bits per heavy atom. The minimum Gasteiger partial charge on any atom is -0.394 e. The second-order valence-electron chi connectivity index (χ2n) is 7.66. The van der Waals surface area contributed by atoms with E-state index in [1.54, 1.807) is 13.0 Å². The predicted molar refractivity (Wildman–Crippen MR) is 120 cm³/mol. The SMILES string of the molecule is CC1=NN(c2ccc(S(N)(=O)=O)cc2)C(=O)/C1=C\c1ccc(N2CCCC2CO)cc1. The summed E-state index contributed by atoms with van der Waals surface area (Å²) >= 11 is 0. The predicted octanol–water partition coefficient (Wildman–Crippen LogP) is 2.10. The molecular weight excluding hydrogens is 416 g/mol. The third-order valence-electron chi connectivity index (χ3n) is 5.60. The zero-order chi connectivity index (χ0) is 22.2. The van der Waals surface area contributed by atoms with E-state index < -0.39 is 10.0 Å². The lowest BCUT2D eigenvalue weighted by atomic mass is 10.1. The molecule has 4 rings (SSSR count). The van der Waals surface area contributed by atoms with Gasteiger partial charge in [0.1, 0.15) is 0 Å². The first kappa shape index (κ1) is 21.2. The Kier molecular flexibility index (Phi) is 5.65. The van der Waals surface area contributed by atoms with Gasteiger partial charge in [0.05, 0.1) is 34.5 Å². The Morgan fingerprint density at radius 1 is 1.13 bits per heavy atom. The lowest BCUT2D eigenvalue weighted by molar-refractivity contribution is -0.114. The number of aliphatic hydroxyl groups is 1. The van der Waals surface area contributed by atoms with Crippen LogP contribution in [0.5, 0.6) is 0 Å². The molecule has 0 spiro atoms. The smallest absolute Gasteiger partial charge is 0.280 e. The quantitative estimate of drug-likeness (QED) is 0.691. The lowest BCUT2D eigenvalue weighted by Gasteiger charge is -2.25. The monoisotopic (exact) mass is 440 g/mol. The van der Waals surface area contributed by atoms with Gasteiger partial charge in [-0.2, -0.15) is 10.1 Å². The summed E-state index contributed by atoms with van der Waals surface area (Å²) in [5, 5.41) is 20.2. The fourth-order valence-electron chi connectivity index (χ4n) is 3.93. The number of hydrogen-bond acceptors (Lipinski definition) is 6. The van der Waals surface area contributed by atoms with Gasteiger partial charge >= 0.3 is 0 Å². The number of nitrogens with zero attached hydrogens (tertiary/aromatic N) is 3. The Labute approximate surface area is 181 Å². The first-order valence-electron chi connectivity index (χ1n) is 10.00. The van der Waals surface area contributed by atoms with Crippen LogP contribution in [0.4, 0.5) is 11.4 Å². The van der Waals surface area contributed by atoms with Crippen LogP contribution in [-0.4, -0.2) is 44.3 Å². The van der Waals surface area contributed by atoms with E-state index in [0.29, 0.717) is 17.0 Å². The fourth-order valence-corrected chi connectivity index (χ4v) is 4.45. The van der Waals surface area contributed by atoms with Gasteiger partial charge in [0.15, 0.2) is 0 Å². The van der Waals surface area contributed by atoms with E-state index in [2.05, 4.69) is 10.0 Å². The Balaban J connectivity index is 1.54. The van der Waals surface area contributed by atoms with Crippen molar-refractivity contribution in [1.82, 2.24) is 0 Å². The molecule has 0 aromatic heterocycles. The van der Waals surface area contributed by atoms with Gasteiger partial charge in [-0.1, -0.05) is 12.1 Å². The van der Waals surface area contributed by atoms with Gasteiger partial charge in [-0.15, -0.1) is 0 Å². The van der Waals surface area contributed by atoms with Crippen molar-refractivity contribution in [2.75, 3.05) is 23.1 Å². The number of benzene rings is 2. The molecule has 1 unspecified atom stereocenters. The Morgan fingerprint density at radius 3 is 2.39 bits per heavy atom. The molecular formula is C22H24N4O4S. The molecule has 162 valence electrons. The zero-order valence-electron chi connectivity index (χ0n) is 17.1. The van der Waals surface area contributed by atoms with Gasteiger partial charge in [-0.3, -0.25) is 4.79 Å². The Hall–Kier alpha value is -3.01. The zero-order valence-corrected chi connectivity index (χ0v) is 17.9. The van der Waals surface area contributed by atoms with Crippen molar-refractivity contribution in [3.63, 3.8) is 0 Å². The maximum Gasteiger partial charge on any atom is 0.280 e. The molecule has 31 heavy (non-hydrogen) atoms. The molecule has 3 N–H and O–H groups in total. The molecule has 2 aromatic carbocycles. The van der Waals surface area contributed by atoms with Crippen molar-refractivity contribution >= 4 is 39.1 Å². The second kappa shape index (κ2) is 8.26. The van der Waals surface area contributed by atoms with Crippen LogP contribution < -0.4 is 15.0 Å². The third kappa shape index (κ3) is 4.25. The highest BCUT2D eigenvalue weighted by atomic mass is 32.2. The van der Waals surface area contributed by atoms with Crippen molar-refractivity contribution in [3.8, 4) is 0 Å². The van der Waals surface area contributed by atoms with Crippen LogP contribution in [0, 0.1) is 0 Å². The second-order valence-corrected chi connectivity index (χ2v) is 9.22. The average molecular weight is 441 g/mol.